The Morgan fingerprint density at radius 2 is 1.91 bits per heavy atom. The third-order valence-electron chi connectivity index (χ3n) is 5.52. The Kier molecular flexibility index (Phi) is 3.20. The van der Waals surface area contributed by atoms with Crippen LogP contribution in [-0.2, 0) is 14.3 Å². The van der Waals surface area contributed by atoms with E-state index in [0.717, 1.165) is 12.8 Å². The number of carbonyl (C=O) groups is 3. The molecule has 3 atom stereocenters. The number of amides is 3. The van der Waals surface area contributed by atoms with Crippen LogP contribution in [0.15, 0.2) is 12.2 Å². The highest BCUT2D eigenvalue weighted by molar-refractivity contribution is 5.98. The van der Waals surface area contributed by atoms with Crippen molar-refractivity contribution >= 4 is 17.9 Å². The van der Waals surface area contributed by atoms with Gasteiger partial charge in [-0.2, -0.15) is 0 Å². The van der Waals surface area contributed by atoms with Crippen LogP contribution in [0.1, 0.15) is 25.7 Å². The molecule has 0 N–H and O–H groups in total. The third kappa shape index (κ3) is 2.12. The van der Waals surface area contributed by atoms with Crippen LogP contribution in [-0.4, -0.2) is 53.4 Å². The first-order valence-electron chi connectivity index (χ1n) is 8.09. The molecule has 6 heteroatoms. The van der Waals surface area contributed by atoms with Gasteiger partial charge in [-0.25, -0.2) is 9.69 Å². The number of rotatable bonds is 2. The van der Waals surface area contributed by atoms with Crippen molar-refractivity contribution in [2.45, 2.75) is 31.7 Å². The number of nitrogens with zero attached hydrogens (tertiary/aromatic N) is 2. The van der Waals surface area contributed by atoms with Crippen molar-refractivity contribution < 1.29 is 19.1 Å². The zero-order valence-corrected chi connectivity index (χ0v) is 12.4. The van der Waals surface area contributed by atoms with Gasteiger partial charge in [0, 0.05) is 25.0 Å². The smallest absolute Gasteiger partial charge is 0.417 e. The van der Waals surface area contributed by atoms with E-state index in [2.05, 4.69) is 12.2 Å². The molecule has 0 spiro atoms. The minimum Gasteiger partial charge on any atom is -0.439 e. The molecule has 3 amide bonds. The number of imide groups is 1. The number of allylic oxidation sites excluding steroid dienone is 2. The lowest BCUT2D eigenvalue weighted by molar-refractivity contribution is -0.138. The second-order valence-electron chi connectivity index (χ2n) is 6.76. The molecule has 1 saturated carbocycles. The van der Waals surface area contributed by atoms with Crippen molar-refractivity contribution in [2.75, 3.05) is 19.7 Å². The normalized spacial score (nSPS) is 34.6. The Balaban J connectivity index is 1.36. The number of carbonyl (C=O) groups excluding carboxylic acids is 3. The van der Waals surface area contributed by atoms with E-state index >= 15 is 0 Å². The first kappa shape index (κ1) is 13.8. The first-order valence-corrected chi connectivity index (χ1v) is 8.09. The monoisotopic (exact) mass is 304 g/mol. The molecule has 4 rings (SSSR count). The average molecular weight is 304 g/mol. The summed E-state index contributed by atoms with van der Waals surface area (Å²) < 4.78 is 4.77. The van der Waals surface area contributed by atoms with Gasteiger partial charge in [0.05, 0.1) is 0 Å². The van der Waals surface area contributed by atoms with Crippen molar-refractivity contribution in [2.24, 2.45) is 17.8 Å². The minimum absolute atomic E-state index is 0.119. The fraction of sp³-hybridized carbons (Fsp3) is 0.688. The van der Waals surface area contributed by atoms with E-state index in [4.69, 9.17) is 4.74 Å². The summed E-state index contributed by atoms with van der Waals surface area (Å²) in [4.78, 5) is 39.1. The van der Waals surface area contributed by atoms with Crippen LogP contribution < -0.4 is 0 Å². The summed E-state index contributed by atoms with van der Waals surface area (Å²) in [5.41, 5.74) is 0. The zero-order valence-electron chi connectivity index (χ0n) is 12.4. The molecule has 0 aromatic carbocycles. The van der Waals surface area contributed by atoms with E-state index in [1.165, 1.54) is 4.90 Å². The van der Waals surface area contributed by atoms with Gasteiger partial charge in [-0.05, 0) is 37.5 Å². The molecule has 2 saturated heterocycles. The van der Waals surface area contributed by atoms with Gasteiger partial charge in [-0.3, -0.25) is 9.59 Å². The molecule has 2 aliphatic carbocycles. The molecule has 0 radical (unpaired) electrons. The number of ether oxygens (including phenoxy) is 1. The van der Waals surface area contributed by atoms with Gasteiger partial charge in [0.25, 0.3) is 5.91 Å². The maximum Gasteiger partial charge on any atom is 0.417 e. The van der Waals surface area contributed by atoms with E-state index in [0.29, 0.717) is 37.8 Å². The molecule has 2 bridgehead atoms. The number of likely N-dealkylation sites (tertiary alicyclic amines) is 1. The second-order valence-corrected chi connectivity index (χ2v) is 6.76. The van der Waals surface area contributed by atoms with Crippen molar-refractivity contribution in [1.82, 2.24) is 9.80 Å². The molecule has 3 unspecified atom stereocenters. The minimum atomic E-state index is -0.534. The summed E-state index contributed by atoms with van der Waals surface area (Å²) in [6, 6.07) is -0.119. The molecule has 6 nitrogen and oxygen atoms in total. The van der Waals surface area contributed by atoms with E-state index in [1.807, 2.05) is 4.90 Å². The van der Waals surface area contributed by atoms with E-state index < -0.39 is 6.09 Å². The largest absolute Gasteiger partial charge is 0.439 e. The predicted octanol–water partition coefficient (Wildman–Crippen LogP) is 1.17. The number of piperidine rings is 1. The van der Waals surface area contributed by atoms with Crippen molar-refractivity contribution in [3.63, 3.8) is 0 Å². The maximum atomic E-state index is 12.7. The third-order valence-corrected chi connectivity index (χ3v) is 5.52. The molecular formula is C16H20N2O4. The van der Waals surface area contributed by atoms with Gasteiger partial charge in [0.15, 0.2) is 6.61 Å². The lowest BCUT2D eigenvalue weighted by Gasteiger charge is -2.36. The van der Waals surface area contributed by atoms with Crippen LogP contribution >= 0.6 is 0 Å². The average Bonchev–Trinajstić information content (AvgIpc) is 3.23. The zero-order chi connectivity index (χ0) is 15.3. The van der Waals surface area contributed by atoms with Crippen LogP contribution in [0.2, 0.25) is 0 Å². The number of hydrogen-bond acceptors (Lipinski definition) is 4. The summed E-state index contributed by atoms with van der Waals surface area (Å²) in [6.07, 6.45) is 7.32. The SMILES string of the molecule is O=C(C1CC2C=CC1C2)N1CCC(N2C(=O)COC2=O)CC1. The lowest BCUT2D eigenvalue weighted by atomic mass is 9.91. The van der Waals surface area contributed by atoms with Gasteiger partial charge in [-0.15, -0.1) is 0 Å². The Hall–Kier alpha value is -1.85. The summed E-state index contributed by atoms with van der Waals surface area (Å²) >= 11 is 0. The Morgan fingerprint density at radius 1 is 1.14 bits per heavy atom. The fourth-order valence-corrected chi connectivity index (χ4v) is 4.36. The van der Waals surface area contributed by atoms with Crippen LogP contribution in [0.4, 0.5) is 4.79 Å². The van der Waals surface area contributed by atoms with Gasteiger partial charge in [0.2, 0.25) is 5.91 Å². The molecule has 0 aromatic heterocycles. The second kappa shape index (κ2) is 5.11. The topological polar surface area (TPSA) is 66.9 Å². The molecule has 0 aromatic rings. The highest BCUT2D eigenvalue weighted by atomic mass is 16.6. The Morgan fingerprint density at radius 3 is 2.45 bits per heavy atom. The lowest BCUT2D eigenvalue weighted by Crippen LogP contribution is -2.50. The number of hydrogen-bond donors (Lipinski definition) is 0. The van der Waals surface area contributed by atoms with E-state index in [9.17, 15) is 14.4 Å². The quantitative estimate of drug-likeness (QED) is 0.718. The fourth-order valence-electron chi connectivity index (χ4n) is 4.36. The Labute approximate surface area is 129 Å². The highest BCUT2D eigenvalue weighted by Crippen LogP contribution is 2.44. The maximum absolute atomic E-state index is 12.7. The van der Waals surface area contributed by atoms with Crippen LogP contribution in [0, 0.1) is 17.8 Å². The standard InChI is InChI=1S/C16H20N2O4/c19-14-9-22-16(21)18(14)12-3-5-17(6-4-12)15(20)13-8-10-1-2-11(13)7-10/h1-2,10-13H,3-9H2. The van der Waals surface area contributed by atoms with Crippen molar-refractivity contribution in [1.29, 1.82) is 0 Å². The highest BCUT2D eigenvalue weighted by Gasteiger charge is 2.43. The molecule has 118 valence electrons. The van der Waals surface area contributed by atoms with Gasteiger partial charge < -0.3 is 9.64 Å². The molecule has 2 heterocycles. The summed E-state index contributed by atoms with van der Waals surface area (Å²) in [7, 11) is 0. The Bertz CT molecular complexity index is 534. The van der Waals surface area contributed by atoms with E-state index in [-0.39, 0.29) is 30.4 Å². The predicted molar refractivity (Wildman–Crippen MR) is 76.6 cm³/mol. The number of fused-ring (bicyclic) bond motifs is 2. The summed E-state index contributed by atoms with van der Waals surface area (Å²) in [6.45, 7) is 1.10. The molecule has 22 heavy (non-hydrogen) atoms. The van der Waals surface area contributed by atoms with Crippen molar-refractivity contribution in [3.05, 3.63) is 12.2 Å². The van der Waals surface area contributed by atoms with Crippen LogP contribution in [0.5, 0.6) is 0 Å². The number of cyclic esters (lactones) is 1. The molecule has 2 aliphatic heterocycles. The van der Waals surface area contributed by atoms with Gasteiger partial charge >= 0.3 is 6.09 Å². The summed E-state index contributed by atoms with van der Waals surface area (Å²) in [5, 5.41) is 0. The van der Waals surface area contributed by atoms with Gasteiger partial charge in [0.1, 0.15) is 0 Å². The molecular weight excluding hydrogens is 284 g/mol. The van der Waals surface area contributed by atoms with Crippen LogP contribution in [0.3, 0.4) is 0 Å². The molecule has 4 aliphatic rings. The molecule has 3 fully saturated rings. The first-order chi connectivity index (χ1) is 10.6. The van der Waals surface area contributed by atoms with E-state index in [1.54, 1.807) is 0 Å². The van der Waals surface area contributed by atoms with Crippen molar-refractivity contribution in [3.8, 4) is 0 Å². The van der Waals surface area contributed by atoms with Gasteiger partial charge in [-0.1, -0.05) is 12.2 Å². The summed E-state index contributed by atoms with van der Waals surface area (Å²) in [5.74, 6) is 1.16. The van der Waals surface area contributed by atoms with Crippen LogP contribution in [0.25, 0.3) is 0 Å².